The predicted molar refractivity (Wildman–Crippen MR) is 148 cm³/mol. The normalized spacial score (nSPS) is 15.5. The van der Waals surface area contributed by atoms with Gasteiger partial charge in [-0.2, -0.15) is 10.4 Å². The molecule has 200 valence electrons. The van der Waals surface area contributed by atoms with Crippen molar-refractivity contribution in [2.24, 2.45) is 0 Å². The molecule has 0 radical (unpaired) electrons. The van der Waals surface area contributed by atoms with Crippen LogP contribution in [0.25, 0.3) is 16.6 Å². The smallest absolute Gasteiger partial charge is 0.248 e. The van der Waals surface area contributed by atoms with Gasteiger partial charge >= 0.3 is 0 Å². The summed E-state index contributed by atoms with van der Waals surface area (Å²) in [5.41, 5.74) is 3.61. The number of anilines is 1. The van der Waals surface area contributed by atoms with Crippen LogP contribution in [0.1, 0.15) is 37.8 Å². The van der Waals surface area contributed by atoms with E-state index in [4.69, 9.17) is 9.72 Å². The van der Waals surface area contributed by atoms with Gasteiger partial charge in [-0.15, -0.1) is 0 Å². The molecule has 9 nitrogen and oxygen atoms in total. The van der Waals surface area contributed by atoms with E-state index < -0.39 is 11.6 Å². The largest absolute Gasteiger partial charge is 0.492 e. The molecule has 1 atom stereocenters. The molecular weight excluding hydrogens is 492 g/mol. The summed E-state index contributed by atoms with van der Waals surface area (Å²) >= 11 is 0. The Morgan fingerprint density at radius 3 is 2.62 bits per heavy atom. The molecule has 0 saturated carbocycles. The van der Waals surface area contributed by atoms with Gasteiger partial charge in [0.25, 0.3) is 0 Å². The van der Waals surface area contributed by atoms with Crippen molar-refractivity contribution in [2.75, 3.05) is 24.6 Å². The topological polar surface area (TPSA) is 116 Å². The minimum atomic E-state index is -1.06. The summed E-state index contributed by atoms with van der Waals surface area (Å²) in [5.74, 6) is 1.17. The Kier molecular flexibility index (Phi) is 7.48. The van der Waals surface area contributed by atoms with Gasteiger partial charge in [-0.05, 0) is 56.9 Å². The lowest BCUT2D eigenvalue weighted by molar-refractivity contribution is -0.130. The van der Waals surface area contributed by atoms with Crippen molar-refractivity contribution in [3.8, 4) is 22.9 Å². The van der Waals surface area contributed by atoms with Crippen molar-refractivity contribution in [1.82, 2.24) is 19.9 Å². The number of rotatable bonds is 8. The van der Waals surface area contributed by atoms with Gasteiger partial charge in [0.05, 0.1) is 30.1 Å². The van der Waals surface area contributed by atoms with E-state index in [1.54, 1.807) is 16.9 Å². The quantitative estimate of drug-likeness (QED) is 0.361. The molecule has 1 unspecified atom stereocenters. The lowest BCUT2D eigenvalue weighted by atomic mass is 9.81. The molecule has 5 rings (SSSR count). The highest BCUT2D eigenvalue weighted by atomic mass is 16.5. The molecule has 1 fully saturated rings. The van der Waals surface area contributed by atoms with Crippen LogP contribution in [-0.2, 0) is 11.2 Å². The fourth-order valence-corrected chi connectivity index (χ4v) is 5.24. The Hall–Kier alpha value is -4.42. The molecule has 4 aromatic rings. The monoisotopic (exact) mass is 524 g/mol. The van der Waals surface area contributed by atoms with Gasteiger partial charge in [-0.25, -0.2) is 9.50 Å². The third kappa shape index (κ3) is 5.56. The second-order valence-electron chi connectivity index (χ2n) is 9.99. The summed E-state index contributed by atoms with van der Waals surface area (Å²) in [5, 5.41) is 26.9. The number of amides is 1. The number of ether oxygens (including phenoxy) is 1. The number of pyridine rings is 2. The Morgan fingerprint density at radius 1 is 1.21 bits per heavy atom. The molecular formula is C30H32N6O3. The number of nitriles is 1. The summed E-state index contributed by atoms with van der Waals surface area (Å²) in [6.07, 6.45) is 6.24. The average molecular weight is 525 g/mol. The maximum Gasteiger partial charge on any atom is 0.248 e. The van der Waals surface area contributed by atoms with Gasteiger partial charge < -0.3 is 20.1 Å². The number of benzene rings is 1. The lowest BCUT2D eigenvalue weighted by Gasteiger charge is -2.43. The van der Waals surface area contributed by atoms with Gasteiger partial charge in [0.15, 0.2) is 0 Å². The van der Waals surface area contributed by atoms with Crippen LogP contribution in [0.3, 0.4) is 0 Å². The number of aliphatic hydroxyl groups excluding tert-OH is 1. The number of aromatic nitrogens is 3. The molecule has 0 bridgehead atoms. The van der Waals surface area contributed by atoms with Crippen LogP contribution >= 0.6 is 0 Å². The van der Waals surface area contributed by atoms with Crippen LogP contribution in [0, 0.1) is 11.3 Å². The van der Waals surface area contributed by atoms with Crippen LogP contribution in [0.4, 0.5) is 5.82 Å². The van der Waals surface area contributed by atoms with E-state index in [2.05, 4.69) is 33.5 Å². The number of nitrogens with one attached hydrogen (secondary N) is 1. The number of nitrogens with zero attached hydrogens (tertiary/aromatic N) is 5. The molecule has 0 aliphatic carbocycles. The molecule has 4 heterocycles. The third-order valence-electron chi connectivity index (χ3n) is 7.27. The fourth-order valence-electron chi connectivity index (χ4n) is 5.24. The first-order valence-corrected chi connectivity index (χ1v) is 13.2. The SMILES string of the molecule is CCOc1cc(-c2ccc(N3CCC(Cc4ccccc4)(NC(=O)C(C)O)CC3)nc2)c2c(C#N)cnn2c1. The number of fused-ring (bicyclic) bond motifs is 1. The van der Waals surface area contributed by atoms with E-state index in [1.165, 1.54) is 6.92 Å². The first-order chi connectivity index (χ1) is 18.9. The standard InChI is InChI=1S/C30H32N6O3/c1-3-39-25-15-26(28-24(17-31)19-33-36(28)20-25)23-9-10-27(32-18-23)35-13-11-30(12-14-35,34-29(38)21(2)37)16-22-7-5-4-6-8-22/h4-10,15,18-21,37H,3,11-14,16H2,1-2H3,(H,34,38). The second kappa shape index (κ2) is 11.1. The number of aliphatic hydroxyl groups is 1. The van der Waals surface area contributed by atoms with Crippen molar-refractivity contribution in [1.29, 1.82) is 5.26 Å². The van der Waals surface area contributed by atoms with Gasteiger partial charge in [0.2, 0.25) is 5.91 Å². The minimum absolute atomic E-state index is 0.348. The summed E-state index contributed by atoms with van der Waals surface area (Å²) in [4.78, 5) is 19.5. The highest BCUT2D eigenvalue weighted by Gasteiger charge is 2.37. The molecule has 0 spiro atoms. The first kappa shape index (κ1) is 26.2. The zero-order chi connectivity index (χ0) is 27.4. The van der Waals surface area contributed by atoms with Crippen LogP contribution < -0.4 is 15.0 Å². The summed E-state index contributed by atoms with van der Waals surface area (Å²) < 4.78 is 7.40. The van der Waals surface area contributed by atoms with Crippen molar-refractivity contribution in [2.45, 2.75) is 44.8 Å². The van der Waals surface area contributed by atoms with Gasteiger partial charge in [0.1, 0.15) is 23.7 Å². The summed E-state index contributed by atoms with van der Waals surface area (Å²) in [6.45, 7) is 5.36. The number of hydrogen-bond acceptors (Lipinski definition) is 7. The fraction of sp³-hybridized carbons (Fsp3) is 0.333. The highest BCUT2D eigenvalue weighted by molar-refractivity contribution is 5.85. The van der Waals surface area contributed by atoms with Gasteiger partial charge in [0, 0.05) is 36.0 Å². The zero-order valence-corrected chi connectivity index (χ0v) is 22.2. The molecule has 2 N–H and O–H groups in total. The van der Waals surface area contributed by atoms with Crippen molar-refractivity contribution in [3.63, 3.8) is 0 Å². The Labute approximate surface area is 227 Å². The third-order valence-corrected chi connectivity index (χ3v) is 7.27. The van der Waals surface area contributed by atoms with E-state index in [1.807, 2.05) is 49.5 Å². The number of carbonyl (C=O) groups is 1. The van der Waals surface area contributed by atoms with Gasteiger partial charge in [-0.1, -0.05) is 30.3 Å². The number of hydrogen-bond donors (Lipinski definition) is 2. The number of carbonyl (C=O) groups excluding carboxylic acids is 1. The van der Waals surface area contributed by atoms with E-state index in [-0.39, 0.29) is 5.91 Å². The van der Waals surface area contributed by atoms with Crippen molar-refractivity contribution < 1.29 is 14.6 Å². The second-order valence-corrected chi connectivity index (χ2v) is 9.99. The molecule has 1 aliphatic rings. The molecule has 3 aromatic heterocycles. The minimum Gasteiger partial charge on any atom is -0.492 e. The van der Waals surface area contributed by atoms with Crippen LogP contribution in [0.2, 0.25) is 0 Å². The van der Waals surface area contributed by atoms with Crippen LogP contribution in [0.15, 0.2) is 67.1 Å². The average Bonchev–Trinajstić information content (AvgIpc) is 3.37. The molecule has 9 heteroatoms. The molecule has 1 amide bonds. The van der Waals surface area contributed by atoms with Crippen molar-refractivity contribution >= 4 is 17.2 Å². The summed E-state index contributed by atoms with van der Waals surface area (Å²) in [7, 11) is 0. The first-order valence-electron chi connectivity index (χ1n) is 13.2. The Morgan fingerprint density at radius 2 is 1.97 bits per heavy atom. The van der Waals surface area contributed by atoms with E-state index in [0.29, 0.717) is 42.9 Å². The Bertz CT molecular complexity index is 1480. The molecule has 1 aromatic carbocycles. The zero-order valence-electron chi connectivity index (χ0n) is 22.2. The lowest BCUT2D eigenvalue weighted by Crippen LogP contribution is -2.58. The Balaban J connectivity index is 1.37. The summed E-state index contributed by atoms with van der Waals surface area (Å²) in [6, 6.07) is 18.2. The maximum absolute atomic E-state index is 12.5. The predicted octanol–water partition coefficient (Wildman–Crippen LogP) is 3.75. The maximum atomic E-state index is 12.5. The van der Waals surface area contributed by atoms with E-state index >= 15 is 0 Å². The van der Waals surface area contributed by atoms with E-state index in [9.17, 15) is 15.2 Å². The van der Waals surface area contributed by atoms with Crippen molar-refractivity contribution in [3.05, 3.63) is 78.2 Å². The molecule has 1 aliphatic heterocycles. The van der Waals surface area contributed by atoms with Crippen LogP contribution in [-0.4, -0.2) is 57.0 Å². The highest BCUT2D eigenvalue weighted by Crippen LogP contribution is 2.33. The number of piperidine rings is 1. The van der Waals surface area contributed by atoms with Crippen LogP contribution in [0.5, 0.6) is 5.75 Å². The molecule has 1 saturated heterocycles. The molecule has 39 heavy (non-hydrogen) atoms. The van der Waals surface area contributed by atoms with E-state index in [0.717, 1.165) is 35.3 Å². The van der Waals surface area contributed by atoms with Gasteiger partial charge in [-0.3, -0.25) is 4.79 Å².